The molecule has 1 N–H and O–H groups in total. The summed E-state index contributed by atoms with van der Waals surface area (Å²) in [5.74, 6) is 0.312. The first kappa shape index (κ1) is 26.4. The first-order valence-electron chi connectivity index (χ1n) is 11.9. The van der Waals surface area contributed by atoms with Crippen LogP contribution in [0.25, 0.3) is 0 Å². The Bertz CT molecular complexity index is 1190. The lowest BCUT2D eigenvalue weighted by Crippen LogP contribution is -2.54. The molecule has 1 amide bonds. The molecule has 0 saturated carbocycles. The smallest absolute Gasteiger partial charge is 0.354 e. The van der Waals surface area contributed by atoms with Gasteiger partial charge in [-0.25, -0.2) is 13.4 Å². The number of piperidine rings is 1. The van der Waals surface area contributed by atoms with Crippen molar-refractivity contribution >= 4 is 27.4 Å². The van der Waals surface area contributed by atoms with Gasteiger partial charge in [-0.3, -0.25) is 9.69 Å². The van der Waals surface area contributed by atoms with Gasteiger partial charge in [0.25, 0.3) is 0 Å². The van der Waals surface area contributed by atoms with E-state index in [2.05, 4.69) is 15.2 Å². The fraction of sp³-hybridized carbons (Fsp3) is 0.500. The van der Waals surface area contributed by atoms with E-state index in [0.29, 0.717) is 56.1 Å². The van der Waals surface area contributed by atoms with Crippen molar-refractivity contribution in [3.63, 3.8) is 0 Å². The number of nitrogens with zero attached hydrogens (tertiary/aromatic N) is 4. The lowest BCUT2D eigenvalue weighted by molar-refractivity contribution is -0.137. The number of aromatic nitrogens is 1. The Labute approximate surface area is 209 Å². The van der Waals surface area contributed by atoms with Gasteiger partial charge in [-0.1, -0.05) is 0 Å². The number of amides is 1. The monoisotopic (exact) mass is 525 g/mol. The maximum Gasteiger partial charge on any atom is 0.417 e. The van der Waals surface area contributed by atoms with Crippen molar-refractivity contribution in [2.24, 2.45) is 0 Å². The summed E-state index contributed by atoms with van der Waals surface area (Å²) >= 11 is 0. The van der Waals surface area contributed by atoms with Crippen molar-refractivity contribution in [1.29, 1.82) is 0 Å². The van der Waals surface area contributed by atoms with Crippen LogP contribution in [0.2, 0.25) is 0 Å². The summed E-state index contributed by atoms with van der Waals surface area (Å²) in [6.07, 6.45) is -2.12. The van der Waals surface area contributed by atoms with Gasteiger partial charge in [-0.05, 0) is 55.7 Å². The summed E-state index contributed by atoms with van der Waals surface area (Å²) in [6, 6.07) is 7.51. The summed E-state index contributed by atoms with van der Waals surface area (Å²) < 4.78 is 66.4. The molecule has 0 bridgehead atoms. The van der Waals surface area contributed by atoms with E-state index < -0.39 is 21.8 Å². The Kier molecular flexibility index (Phi) is 7.58. The van der Waals surface area contributed by atoms with Crippen LogP contribution in [0.15, 0.2) is 41.4 Å². The number of alkyl halides is 3. The van der Waals surface area contributed by atoms with Crippen LogP contribution in [0, 0.1) is 6.92 Å². The van der Waals surface area contributed by atoms with Crippen LogP contribution in [0.4, 0.5) is 24.7 Å². The zero-order valence-electron chi connectivity index (χ0n) is 20.3. The highest BCUT2D eigenvalue weighted by Gasteiger charge is 2.34. The number of piperazine rings is 1. The molecule has 4 rings (SSSR count). The Morgan fingerprint density at radius 3 is 2.22 bits per heavy atom. The number of aryl methyl sites for hydroxylation is 1. The molecule has 0 radical (unpaired) electrons. The summed E-state index contributed by atoms with van der Waals surface area (Å²) in [5.41, 5.74) is 0.380. The zero-order valence-corrected chi connectivity index (χ0v) is 21.1. The number of benzene rings is 1. The second-order valence-electron chi connectivity index (χ2n) is 9.22. The van der Waals surface area contributed by atoms with Gasteiger partial charge >= 0.3 is 6.18 Å². The number of hydrogen-bond acceptors (Lipinski definition) is 6. The Morgan fingerprint density at radius 1 is 1.03 bits per heavy atom. The van der Waals surface area contributed by atoms with Crippen LogP contribution >= 0.6 is 0 Å². The Hall–Kier alpha value is -2.70. The number of pyridine rings is 1. The molecule has 2 aromatic rings. The Morgan fingerprint density at radius 2 is 1.69 bits per heavy atom. The van der Waals surface area contributed by atoms with Gasteiger partial charge < -0.3 is 10.2 Å². The maximum atomic E-state index is 13.3. The van der Waals surface area contributed by atoms with Gasteiger partial charge in [-0.15, -0.1) is 0 Å². The molecule has 0 spiro atoms. The van der Waals surface area contributed by atoms with E-state index in [-0.39, 0.29) is 16.8 Å². The van der Waals surface area contributed by atoms with Crippen LogP contribution < -0.4 is 10.2 Å². The predicted octanol–water partition coefficient (Wildman–Crippen LogP) is 3.34. The average molecular weight is 526 g/mol. The molecule has 3 heterocycles. The Balaban J connectivity index is 1.31. The van der Waals surface area contributed by atoms with Crippen LogP contribution in [0.3, 0.4) is 0 Å². The first-order valence-corrected chi connectivity index (χ1v) is 13.3. The average Bonchev–Trinajstić information content (AvgIpc) is 2.83. The fourth-order valence-electron chi connectivity index (χ4n) is 4.86. The second-order valence-corrected chi connectivity index (χ2v) is 11.1. The molecule has 36 heavy (non-hydrogen) atoms. The third kappa shape index (κ3) is 5.81. The van der Waals surface area contributed by atoms with Crippen molar-refractivity contribution in [1.82, 2.24) is 14.2 Å². The quantitative estimate of drug-likeness (QED) is 0.645. The summed E-state index contributed by atoms with van der Waals surface area (Å²) in [6.45, 7) is 6.73. The molecule has 0 aliphatic carbocycles. The van der Waals surface area contributed by atoms with Gasteiger partial charge in [-0.2, -0.15) is 17.5 Å². The van der Waals surface area contributed by atoms with Crippen molar-refractivity contribution in [2.75, 3.05) is 49.5 Å². The molecular formula is C24H30F3N5O3S. The van der Waals surface area contributed by atoms with Crippen LogP contribution in [-0.2, 0) is 21.0 Å². The van der Waals surface area contributed by atoms with E-state index in [1.165, 1.54) is 23.4 Å². The first-order chi connectivity index (χ1) is 16.9. The van der Waals surface area contributed by atoms with Crippen molar-refractivity contribution in [3.05, 3.63) is 47.7 Å². The van der Waals surface area contributed by atoms with E-state index in [1.54, 1.807) is 19.1 Å². The highest BCUT2D eigenvalue weighted by molar-refractivity contribution is 7.89. The van der Waals surface area contributed by atoms with E-state index >= 15 is 0 Å². The van der Waals surface area contributed by atoms with Crippen molar-refractivity contribution in [3.8, 4) is 0 Å². The van der Waals surface area contributed by atoms with Gasteiger partial charge in [0.1, 0.15) is 5.82 Å². The molecule has 196 valence electrons. The zero-order chi connectivity index (χ0) is 26.1. The minimum Gasteiger partial charge on any atom is -0.354 e. The SMILES string of the molecule is CC(=O)Nc1ccc(S(=O)(=O)N2CCC(N3CCN(c4ccc(C(F)(F)F)cn4)CC3)CC2)c(C)c1. The molecule has 8 nitrogen and oxygen atoms in total. The number of rotatable bonds is 5. The fourth-order valence-corrected chi connectivity index (χ4v) is 6.54. The van der Waals surface area contributed by atoms with E-state index in [9.17, 15) is 26.4 Å². The largest absolute Gasteiger partial charge is 0.417 e. The van der Waals surface area contributed by atoms with Crippen LogP contribution in [0.1, 0.15) is 30.9 Å². The number of hydrogen-bond donors (Lipinski definition) is 1. The maximum absolute atomic E-state index is 13.3. The lowest BCUT2D eigenvalue weighted by atomic mass is 10.0. The van der Waals surface area contributed by atoms with Crippen LogP contribution in [-0.4, -0.2) is 73.8 Å². The number of nitrogens with one attached hydrogen (secondary N) is 1. The van der Waals surface area contributed by atoms with Gasteiger partial charge in [0.2, 0.25) is 15.9 Å². The van der Waals surface area contributed by atoms with Crippen molar-refractivity contribution in [2.45, 2.75) is 43.8 Å². The normalized spacial score (nSPS) is 18.9. The topological polar surface area (TPSA) is 85.8 Å². The predicted molar refractivity (Wildman–Crippen MR) is 130 cm³/mol. The highest BCUT2D eigenvalue weighted by atomic mass is 32.2. The third-order valence-electron chi connectivity index (χ3n) is 6.77. The molecule has 12 heteroatoms. The van der Waals surface area contributed by atoms with Gasteiger partial charge in [0.05, 0.1) is 10.5 Å². The van der Waals surface area contributed by atoms with Gasteiger partial charge in [0, 0.05) is 64.1 Å². The number of carbonyl (C=O) groups excluding carboxylic acids is 1. The molecule has 2 aliphatic rings. The standard InChI is InChI=1S/C24H30F3N5O3S/c1-17-15-20(29-18(2)33)4-5-22(17)36(34,35)32-9-7-21(8-10-32)30-11-13-31(14-12-30)23-6-3-19(16-28-23)24(25,26)27/h3-6,15-16,21H,7-14H2,1-2H3,(H,29,33). The van der Waals surface area contributed by atoms with E-state index in [0.717, 1.165) is 25.4 Å². The summed E-state index contributed by atoms with van der Waals surface area (Å²) in [5, 5.41) is 2.66. The minimum atomic E-state index is -4.40. The molecule has 0 atom stereocenters. The molecule has 2 saturated heterocycles. The molecule has 1 aromatic heterocycles. The minimum absolute atomic E-state index is 0.219. The second kappa shape index (κ2) is 10.3. The number of sulfonamides is 1. The van der Waals surface area contributed by atoms with Crippen molar-refractivity contribution < 1.29 is 26.4 Å². The molecule has 1 aromatic carbocycles. The molecular weight excluding hydrogens is 495 g/mol. The molecule has 2 aliphatic heterocycles. The lowest BCUT2D eigenvalue weighted by Gasteiger charge is -2.42. The molecule has 2 fully saturated rings. The number of carbonyl (C=O) groups is 1. The van der Waals surface area contributed by atoms with Gasteiger partial charge in [0.15, 0.2) is 0 Å². The van der Waals surface area contributed by atoms with E-state index in [1.807, 2.05) is 4.90 Å². The third-order valence-corrected chi connectivity index (χ3v) is 8.83. The summed E-state index contributed by atoms with van der Waals surface area (Å²) in [7, 11) is -3.65. The highest BCUT2D eigenvalue weighted by Crippen LogP contribution is 2.30. The molecule has 0 unspecified atom stereocenters. The number of halogens is 3. The van der Waals surface area contributed by atoms with Crippen LogP contribution in [0.5, 0.6) is 0 Å². The van der Waals surface area contributed by atoms with E-state index in [4.69, 9.17) is 0 Å². The number of anilines is 2. The summed E-state index contributed by atoms with van der Waals surface area (Å²) in [4.78, 5) is 19.8.